The second-order valence-electron chi connectivity index (χ2n) is 7.18. The fourth-order valence-electron chi connectivity index (χ4n) is 3.29. The van der Waals surface area contributed by atoms with Gasteiger partial charge in [-0.3, -0.25) is 4.99 Å². The molecule has 6 nitrogen and oxygen atoms in total. The summed E-state index contributed by atoms with van der Waals surface area (Å²) in [6.07, 6.45) is 1.76. The van der Waals surface area contributed by atoms with Gasteiger partial charge in [0.2, 0.25) is 5.96 Å². The van der Waals surface area contributed by atoms with Crippen LogP contribution in [0.1, 0.15) is 5.56 Å². The minimum absolute atomic E-state index is 0.0869. The molecular weight excluding hydrogens is 444 g/mol. The van der Waals surface area contributed by atoms with Crippen molar-refractivity contribution in [2.75, 3.05) is 7.05 Å². The lowest BCUT2D eigenvalue weighted by atomic mass is 10.0. The van der Waals surface area contributed by atoms with Gasteiger partial charge in [-0.1, -0.05) is 66.2 Å². The van der Waals surface area contributed by atoms with Crippen molar-refractivity contribution in [2.24, 2.45) is 4.99 Å². The summed E-state index contributed by atoms with van der Waals surface area (Å²) in [5, 5.41) is 5.29. The van der Waals surface area contributed by atoms with Crippen LogP contribution in [0, 0.1) is 6.92 Å². The third kappa shape index (κ3) is 4.59. The molecule has 1 aromatic heterocycles. The van der Waals surface area contributed by atoms with Crippen LogP contribution in [0.3, 0.4) is 0 Å². The summed E-state index contributed by atoms with van der Waals surface area (Å²) < 4.78 is 29.9. The smallest absolute Gasteiger partial charge is 0.254 e. The van der Waals surface area contributed by atoms with Crippen LogP contribution in [-0.4, -0.2) is 31.2 Å². The number of sulfonamides is 1. The van der Waals surface area contributed by atoms with Crippen LogP contribution in [-0.2, 0) is 10.0 Å². The number of hydrogen-bond acceptors (Lipinski definition) is 4. The number of halogens is 1. The van der Waals surface area contributed by atoms with E-state index in [9.17, 15) is 8.42 Å². The third-order valence-corrected chi connectivity index (χ3v) is 6.45. The van der Waals surface area contributed by atoms with Gasteiger partial charge in [-0.15, -0.1) is 0 Å². The second-order valence-corrected chi connectivity index (χ2v) is 9.30. The van der Waals surface area contributed by atoms with Gasteiger partial charge in [-0.2, -0.15) is 5.10 Å². The Morgan fingerprint density at radius 3 is 2.34 bits per heavy atom. The Balaban J connectivity index is 1.78. The molecular formula is C24H21ClN4O2S. The Morgan fingerprint density at radius 2 is 1.69 bits per heavy atom. The van der Waals surface area contributed by atoms with Crippen molar-refractivity contribution < 1.29 is 8.42 Å². The summed E-state index contributed by atoms with van der Waals surface area (Å²) in [5.74, 6) is 0.0869. The molecule has 8 heteroatoms. The van der Waals surface area contributed by atoms with E-state index < -0.39 is 10.0 Å². The highest BCUT2D eigenvalue weighted by atomic mass is 35.5. The molecule has 4 aromatic rings. The first kappa shape index (κ1) is 21.8. The molecule has 1 N–H and O–H groups in total. The fraction of sp³-hybridized carbons (Fsp3) is 0.0833. The van der Waals surface area contributed by atoms with Crippen LogP contribution >= 0.6 is 11.6 Å². The van der Waals surface area contributed by atoms with Crippen molar-refractivity contribution in [1.29, 1.82) is 0 Å². The summed E-state index contributed by atoms with van der Waals surface area (Å²) in [4.78, 5) is 4.31. The van der Waals surface area contributed by atoms with E-state index in [0.717, 1.165) is 22.3 Å². The number of aromatic nitrogens is 2. The van der Waals surface area contributed by atoms with Gasteiger partial charge < -0.3 is 0 Å². The zero-order chi connectivity index (χ0) is 22.7. The Labute approximate surface area is 192 Å². The average molecular weight is 465 g/mol. The molecule has 0 unspecified atom stereocenters. The second kappa shape index (κ2) is 8.98. The van der Waals surface area contributed by atoms with Crippen LogP contribution in [0.2, 0.25) is 5.02 Å². The van der Waals surface area contributed by atoms with Gasteiger partial charge in [0.25, 0.3) is 10.0 Å². The van der Waals surface area contributed by atoms with Crippen LogP contribution in [0.25, 0.3) is 22.4 Å². The van der Waals surface area contributed by atoms with E-state index in [1.165, 1.54) is 11.7 Å². The van der Waals surface area contributed by atoms with E-state index in [4.69, 9.17) is 11.6 Å². The third-order valence-electron chi connectivity index (χ3n) is 4.87. The zero-order valence-electron chi connectivity index (χ0n) is 17.5. The van der Waals surface area contributed by atoms with E-state index in [2.05, 4.69) is 14.8 Å². The molecule has 0 bridgehead atoms. The monoisotopic (exact) mass is 464 g/mol. The quantitative estimate of drug-likeness (QED) is 0.341. The highest BCUT2D eigenvalue weighted by molar-refractivity contribution is 7.90. The predicted molar refractivity (Wildman–Crippen MR) is 128 cm³/mol. The van der Waals surface area contributed by atoms with Gasteiger partial charge in [-0.25, -0.2) is 17.8 Å². The topological polar surface area (TPSA) is 76.3 Å². The van der Waals surface area contributed by atoms with Gasteiger partial charge in [0, 0.05) is 29.4 Å². The Kier molecular flexibility index (Phi) is 6.12. The number of aryl methyl sites for hydroxylation is 1. The molecule has 0 aliphatic carbocycles. The molecule has 3 aromatic carbocycles. The summed E-state index contributed by atoms with van der Waals surface area (Å²) in [6, 6.07) is 23.8. The SMILES string of the molecule is CN=C(NS(=O)(=O)c1cccc(C)c1)n1cc(-c2ccccc2)c(-c2ccc(Cl)cc2)n1. The van der Waals surface area contributed by atoms with Crippen LogP contribution in [0.4, 0.5) is 0 Å². The van der Waals surface area contributed by atoms with Crippen LogP contribution in [0.5, 0.6) is 0 Å². The van der Waals surface area contributed by atoms with Gasteiger partial charge >= 0.3 is 0 Å². The zero-order valence-corrected chi connectivity index (χ0v) is 19.1. The van der Waals surface area contributed by atoms with E-state index in [-0.39, 0.29) is 10.9 Å². The minimum atomic E-state index is -3.84. The summed E-state index contributed by atoms with van der Waals surface area (Å²) in [7, 11) is -2.33. The molecule has 0 atom stereocenters. The van der Waals surface area contributed by atoms with Crippen LogP contribution in [0.15, 0.2) is 94.9 Å². The molecule has 0 saturated heterocycles. The molecule has 0 radical (unpaired) electrons. The molecule has 0 aliphatic rings. The van der Waals surface area contributed by atoms with Crippen molar-refractivity contribution in [2.45, 2.75) is 11.8 Å². The van der Waals surface area contributed by atoms with Gasteiger partial charge in [0.1, 0.15) is 5.69 Å². The maximum Gasteiger partial charge on any atom is 0.264 e. The molecule has 32 heavy (non-hydrogen) atoms. The fourth-order valence-corrected chi connectivity index (χ4v) is 4.56. The Bertz CT molecular complexity index is 1380. The van der Waals surface area contributed by atoms with E-state index in [1.807, 2.05) is 55.5 Å². The van der Waals surface area contributed by atoms with Gasteiger partial charge in [-0.05, 0) is 42.3 Å². The molecule has 1 heterocycles. The first-order valence-corrected chi connectivity index (χ1v) is 11.7. The summed E-state index contributed by atoms with van der Waals surface area (Å²) >= 11 is 6.05. The Hall–Kier alpha value is -3.42. The number of nitrogens with zero attached hydrogens (tertiary/aromatic N) is 3. The van der Waals surface area contributed by atoms with E-state index >= 15 is 0 Å². The van der Waals surface area contributed by atoms with Crippen molar-refractivity contribution in [1.82, 2.24) is 14.5 Å². The standard InChI is InChI=1S/C24H21ClN4O2S/c1-17-7-6-10-21(15-17)32(30,31)28-24(26-2)29-16-22(18-8-4-3-5-9-18)23(27-29)19-11-13-20(25)14-12-19/h3-16H,1-2H3,(H,26,28). The van der Waals surface area contributed by atoms with E-state index in [1.54, 1.807) is 36.5 Å². The molecule has 162 valence electrons. The number of nitrogens with one attached hydrogen (secondary N) is 1. The molecule has 0 amide bonds. The molecule has 0 fully saturated rings. The molecule has 0 spiro atoms. The first-order chi connectivity index (χ1) is 15.4. The number of rotatable bonds is 4. The molecule has 4 rings (SSSR count). The largest absolute Gasteiger partial charge is 0.264 e. The van der Waals surface area contributed by atoms with Crippen molar-refractivity contribution in [3.63, 3.8) is 0 Å². The first-order valence-electron chi connectivity index (χ1n) is 9.85. The molecule has 0 aliphatic heterocycles. The number of aliphatic imine (C=N–C) groups is 1. The van der Waals surface area contributed by atoms with E-state index in [0.29, 0.717) is 10.7 Å². The van der Waals surface area contributed by atoms with Crippen molar-refractivity contribution in [3.8, 4) is 22.4 Å². The summed E-state index contributed by atoms with van der Waals surface area (Å²) in [6.45, 7) is 1.84. The Morgan fingerprint density at radius 1 is 0.969 bits per heavy atom. The van der Waals surface area contributed by atoms with Crippen LogP contribution < -0.4 is 4.72 Å². The van der Waals surface area contributed by atoms with Gasteiger partial charge in [0.05, 0.1) is 4.90 Å². The average Bonchev–Trinajstić information content (AvgIpc) is 3.24. The minimum Gasteiger partial charge on any atom is -0.254 e. The predicted octanol–water partition coefficient (Wildman–Crippen LogP) is 4.99. The lowest BCUT2D eigenvalue weighted by Crippen LogP contribution is -2.36. The highest BCUT2D eigenvalue weighted by Crippen LogP contribution is 2.31. The summed E-state index contributed by atoms with van der Waals surface area (Å²) in [5.41, 5.74) is 4.16. The lowest BCUT2D eigenvalue weighted by molar-refractivity contribution is 0.591. The number of benzene rings is 3. The van der Waals surface area contributed by atoms with Crippen molar-refractivity contribution >= 4 is 27.6 Å². The maximum absolute atomic E-state index is 12.9. The van der Waals surface area contributed by atoms with Crippen molar-refractivity contribution in [3.05, 3.63) is 95.6 Å². The lowest BCUT2D eigenvalue weighted by Gasteiger charge is -2.10. The van der Waals surface area contributed by atoms with Gasteiger partial charge in [0.15, 0.2) is 0 Å². The molecule has 0 saturated carbocycles. The number of hydrogen-bond donors (Lipinski definition) is 1. The normalized spacial score (nSPS) is 12.0. The highest BCUT2D eigenvalue weighted by Gasteiger charge is 2.20. The maximum atomic E-state index is 12.9.